The van der Waals surface area contributed by atoms with E-state index in [1.54, 1.807) is 0 Å². The third-order valence-electron chi connectivity index (χ3n) is 2.57. The summed E-state index contributed by atoms with van der Waals surface area (Å²) in [5.74, 6) is 0.0869. The second-order valence-corrected chi connectivity index (χ2v) is 4.50. The first kappa shape index (κ1) is 10.2. The molecule has 1 saturated heterocycles. The molecule has 80 valence electrons. The van der Waals surface area contributed by atoms with E-state index in [0.717, 1.165) is 6.42 Å². The summed E-state index contributed by atoms with van der Waals surface area (Å²) < 4.78 is 0. The van der Waals surface area contributed by atoms with Gasteiger partial charge in [-0.1, -0.05) is 30.3 Å². The number of benzene rings is 1. The third-order valence-corrected chi connectivity index (χ3v) is 2.57. The van der Waals surface area contributed by atoms with Gasteiger partial charge in [0, 0.05) is 0 Å². The van der Waals surface area contributed by atoms with Crippen LogP contribution in [0.3, 0.4) is 0 Å². The molecule has 1 aliphatic heterocycles. The fraction of sp³-hybridized carbons (Fsp3) is 0.417. The van der Waals surface area contributed by atoms with Crippen molar-refractivity contribution in [2.75, 3.05) is 0 Å². The Balaban J connectivity index is 2.05. The summed E-state index contributed by atoms with van der Waals surface area (Å²) in [5.41, 5.74) is 0.902. The molecule has 0 unspecified atom stereocenters. The van der Waals surface area contributed by atoms with Crippen molar-refractivity contribution in [2.24, 2.45) is 0 Å². The highest BCUT2D eigenvalue weighted by molar-refractivity contribution is 5.85. The molecule has 3 nitrogen and oxygen atoms in total. The summed E-state index contributed by atoms with van der Waals surface area (Å²) >= 11 is 0. The molecule has 0 aromatic heterocycles. The van der Waals surface area contributed by atoms with Gasteiger partial charge in [-0.2, -0.15) is 0 Å². The standard InChI is InChI=1S/C12H16N2O/c1-12(2)13-10(11(15)14-12)8-9-6-4-3-5-7-9/h3-7,10,13H,8H2,1-2H3,(H,14,15)/t10-/m1/s1. The van der Waals surface area contributed by atoms with Crippen molar-refractivity contribution in [2.45, 2.75) is 32.0 Å². The molecular formula is C12H16N2O. The average Bonchev–Trinajstić information content (AvgIpc) is 2.41. The zero-order valence-corrected chi connectivity index (χ0v) is 9.08. The lowest BCUT2D eigenvalue weighted by atomic mass is 10.1. The number of carbonyl (C=O) groups excluding carboxylic acids is 1. The van der Waals surface area contributed by atoms with Crippen LogP contribution in [0.2, 0.25) is 0 Å². The quantitative estimate of drug-likeness (QED) is 0.756. The van der Waals surface area contributed by atoms with Crippen LogP contribution in [0, 0.1) is 0 Å². The van der Waals surface area contributed by atoms with E-state index in [-0.39, 0.29) is 17.6 Å². The largest absolute Gasteiger partial charge is 0.337 e. The van der Waals surface area contributed by atoms with Crippen LogP contribution >= 0.6 is 0 Å². The van der Waals surface area contributed by atoms with Crippen LogP contribution in [0.4, 0.5) is 0 Å². The monoisotopic (exact) mass is 204 g/mol. The highest BCUT2D eigenvalue weighted by Crippen LogP contribution is 2.12. The maximum Gasteiger partial charge on any atom is 0.238 e. The van der Waals surface area contributed by atoms with Gasteiger partial charge < -0.3 is 5.32 Å². The van der Waals surface area contributed by atoms with Crippen molar-refractivity contribution in [3.8, 4) is 0 Å². The van der Waals surface area contributed by atoms with Crippen LogP contribution in [0.25, 0.3) is 0 Å². The molecule has 0 radical (unpaired) electrons. The van der Waals surface area contributed by atoms with Gasteiger partial charge in [0.25, 0.3) is 0 Å². The number of carbonyl (C=O) groups is 1. The van der Waals surface area contributed by atoms with E-state index in [1.165, 1.54) is 5.56 Å². The molecule has 0 bridgehead atoms. The number of hydrogen-bond donors (Lipinski definition) is 2. The molecule has 2 N–H and O–H groups in total. The van der Waals surface area contributed by atoms with Crippen molar-refractivity contribution in [1.29, 1.82) is 0 Å². The number of rotatable bonds is 2. The number of hydrogen-bond acceptors (Lipinski definition) is 2. The zero-order valence-electron chi connectivity index (χ0n) is 9.08. The van der Waals surface area contributed by atoms with Gasteiger partial charge in [-0.25, -0.2) is 0 Å². The molecule has 1 atom stereocenters. The minimum Gasteiger partial charge on any atom is -0.337 e. The van der Waals surface area contributed by atoms with Crippen molar-refractivity contribution in [1.82, 2.24) is 10.6 Å². The normalized spacial score (nSPS) is 23.9. The second-order valence-electron chi connectivity index (χ2n) is 4.50. The van der Waals surface area contributed by atoms with Crippen molar-refractivity contribution in [3.63, 3.8) is 0 Å². The van der Waals surface area contributed by atoms with Crippen LogP contribution in [0.1, 0.15) is 19.4 Å². The van der Waals surface area contributed by atoms with E-state index in [2.05, 4.69) is 10.6 Å². The van der Waals surface area contributed by atoms with Crippen molar-refractivity contribution < 1.29 is 4.79 Å². The first-order valence-electron chi connectivity index (χ1n) is 5.20. The van der Waals surface area contributed by atoms with Gasteiger partial charge in [-0.15, -0.1) is 0 Å². The van der Waals surface area contributed by atoms with Gasteiger partial charge in [0.05, 0.1) is 11.7 Å². The predicted molar refractivity (Wildman–Crippen MR) is 59.3 cm³/mol. The van der Waals surface area contributed by atoms with E-state index in [4.69, 9.17) is 0 Å². The molecule has 1 aromatic carbocycles. The lowest BCUT2D eigenvalue weighted by Gasteiger charge is -2.18. The molecule has 0 saturated carbocycles. The summed E-state index contributed by atoms with van der Waals surface area (Å²) in [6.07, 6.45) is 0.746. The van der Waals surface area contributed by atoms with Gasteiger partial charge in [-0.3, -0.25) is 10.1 Å². The summed E-state index contributed by atoms with van der Waals surface area (Å²) in [6, 6.07) is 9.94. The average molecular weight is 204 g/mol. The molecule has 1 aliphatic rings. The zero-order chi connectivity index (χ0) is 10.9. The predicted octanol–water partition coefficient (Wildman–Crippen LogP) is 1.05. The van der Waals surface area contributed by atoms with Gasteiger partial charge in [0.2, 0.25) is 5.91 Å². The Kier molecular flexibility index (Phi) is 2.49. The smallest absolute Gasteiger partial charge is 0.238 e. The topological polar surface area (TPSA) is 41.1 Å². The first-order chi connectivity index (χ1) is 7.07. The minimum atomic E-state index is -0.281. The molecule has 0 spiro atoms. The Hall–Kier alpha value is -1.35. The maximum absolute atomic E-state index is 11.6. The Morgan fingerprint density at radius 3 is 2.47 bits per heavy atom. The van der Waals surface area contributed by atoms with Gasteiger partial charge in [0.15, 0.2) is 0 Å². The molecule has 0 aliphatic carbocycles. The molecule has 3 heteroatoms. The van der Waals surface area contributed by atoms with Crippen LogP contribution < -0.4 is 10.6 Å². The van der Waals surface area contributed by atoms with Crippen LogP contribution in [0.15, 0.2) is 30.3 Å². The van der Waals surface area contributed by atoms with Crippen LogP contribution in [0.5, 0.6) is 0 Å². The van der Waals surface area contributed by atoms with Gasteiger partial charge in [-0.05, 0) is 25.8 Å². The number of nitrogens with one attached hydrogen (secondary N) is 2. The highest BCUT2D eigenvalue weighted by atomic mass is 16.2. The summed E-state index contributed by atoms with van der Waals surface area (Å²) in [6.45, 7) is 3.94. The van der Waals surface area contributed by atoms with Crippen molar-refractivity contribution in [3.05, 3.63) is 35.9 Å². The molecule has 15 heavy (non-hydrogen) atoms. The van der Waals surface area contributed by atoms with Crippen LogP contribution in [-0.2, 0) is 11.2 Å². The third kappa shape index (κ3) is 2.36. The molecule has 1 aromatic rings. The summed E-state index contributed by atoms with van der Waals surface area (Å²) in [4.78, 5) is 11.6. The first-order valence-corrected chi connectivity index (χ1v) is 5.20. The lowest BCUT2D eigenvalue weighted by Crippen LogP contribution is -2.44. The Morgan fingerprint density at radius 1 is 1.27 bits per heavy atom. The van der Waals surface area contributed by atoms with Gasteiger partial charge >= 0.3 is 0 Å². The SMILES string of the molecule is CC1(C)NC(=O)[C@@H](Cc2ccccc2)N1. The minimum absolute atomic E-state index is 0.0869. The fourth-order valence-corrected chi connectivity index (χ4v) is 1.93. The van der Waals surface area contributed by atoms with E-state index in [1.807, 2.05) is 44.2 Å². The molecular weight excluding hydrogens is 188 g/mol. The second kappa shape index (κ2) is 3.66. The lowest BCUT2D eigenvalue weighted by molar-refractivity contribution is -0.120. The maximum atomic E-state index is 11.6. The Bertz CT molecular complexity index is 359. The Morgan fingerprint density at radius 2 is 1.93 bits per heavy atom. The van der Waals surface area contributed by atoms with E-state index >= 15 is 0 Å². The highest BCUT2D eigenvalue weighted by Gasteiger charge is 2.35. The number of amides is 1. The Labute approximate surface area is 89.9 Å². The van der Waals surface area contributed by atoms with E-state index < -0.39 is 0 Å². The fourth-order valence-electron chi connectivity index (χ4n) is 1.93. The molecule has 2 rings (SSSR count). The molecule has 1 amide bonds. The summed E-state index contributed by atoms with van der Waals surface area (Å²) in [7, 11) is 0. The van der Waals surface area contributed by atoms with Gasteiger partial charge in [0.1, 0.15) is 0 Å². The van der Waals surface area contributed by atoms with Crippen molar-refractivity contribution >= 4 is 5.91 Å². The van der Waals surface area contributed by atoms with E-state index in [0.29, 0.717) is 0 Å². The summed E-state index contributed by atoms with van der Waals surface area (Å²) in [5, 5.41) is 6.18. The van der Waals surface area contributed by atoms with Crippen LogP contribution in [-0.4, -0.2) is 17.6 Å². The molecule has 1 heterocycles. The molecule has 1 fully saturated rings. The van der Waals surface area contributed by atoms with E-state index in [9.17, 15) is 4.79 Å².